The Morgan fingerprint density at radius 3 is 2.67 bits per heavy atom. The highest BCUT2D eigenvalue weighted by molar-refractivity contribution is 5.97. The molecule has 0 aliphatic carbocycles. The zero-order chi connectivity index (χ0) is 23.9. The average Bonchev–Trinajstić information content (AvgIpc) is 2.78. The third kappa shape index (κ3) is 3.55. The molecule has 0 N–H and O–H groups in total. The normalized spacial score (nSPS) is 11.8. The number of carbonyl (C=O) groups excluding carboxylic acids is 1. The van der Waals surface area contributed by atoms with Crippen LogP contribution in [0.15, 0.2) is 58.4 Å². The summed E-state index contributed by atoms with van der Waals surface area (Å²) in [7, 11) is 0. The molecule has 0 aliphatic rings. The van der Waals surface area contributed by atoms with Gasteiger partial charge in [0.1, 0.15) is 17.4 Å². The van der Waals surface area contributed by atoms with Gasteiger partial charge in [-0.3, -0.25) is 24.1 Å². The van der Waals surface area contributed by atoms with Gasteiger partial charge >= 0.3 is 0 Å². The largest absolute Gasteiger partial charge is 0.306 e. The van der Waals surface area contributed by atoms with Gasteiger partial charge in [0.05, 0.1) is 21.4 Å². The molecule has 0 fully saturated rings. The molecule has 0 radical (unpaired) electrons. The van der Waals surface area contributed by atoms with Crippen LogP contribution in [0.25, 0.3) is 16.7 Å². The quantitative estimate of drug-likeness (QED) is 0.272. The summed E-state index contributed by atoms with van der Waals surface area (Å²) in [5.41, 5.74) is 0.403. The standard InChI is InChI=1S/C23H18N6O4/c1-13(2)28-20(26-22(30)16-7-6-8-18(14(16)3)29(32)33)15(12-24)11-17-21(28)25-19-9-4-5-10-27(19)23(17)31/h4-11,13H,1-3H3. The Morgan fingerprint density at radius 1 is 1.24 bits per heavy atom. The summed E-state index contributed by atoms with van der Waals surface area (Å²) < 4.78 is 2.94. The number of rotatable bonds is 3. The number of fused-ring (bicyclic) bond motifs is 2. The van der Waals surface area contributed by atoms with Gasteiger partial charge in [-0.05, 0) is 45.0 Å². The van der Waals surface area contributed by atoms with Crippen LogP contribution in [0.3, 0.4) is 0 Å². The van der Waals surface area contributed by atoms with Crippen molar-refractivity contribution in [3.05, 3.63) is 91.3 Å². The number of nitriles is 1. The Kier molecular flexibility index (Phi) is 5.31. The van der Waals surface area contributed by atoms with Crippen molar-refractivity contribution in [2.75, 3.05) is 0 Å². The van der Waals surface area contributed by atoms with Crippen molar-refractivity contribution in [2.24, 2.45) is 4.99 Å². The topological polar surface area (TPSA) is 136 Å². The highest BCUT2D eigenvalue weighted by atomic mass is 16.6. The third-order valence-electron chi connectivity index (χ3n) is 5.31. The maximum Gasteiger partial charge on any atom is 0.279 e. The smallest absolute Gasteiger partial charge is 0.279 e. The van der Waals surface area contributed by atoms with Gasteiger partial charge in [-0.15, -0.1) is 0 Å². The molecule has 3 heterocycles. The van der Waals surface area contributed by atoms with Crippen molar-refractivity contribution in [1.29, 1.82) is 5.26 Å². The molecule has 0 unspecified atom stereocenters. The SMILES string of the molecule is Cc1c(C(=O)N=c2c(C#N)cc3c(=O)n4ccccc4nc3n2C(C)C)cccc1[N+](=O)[O-]. The lowest BCUT2D eigenvalue weighted by Gasteiger charge is -2.16. The maximum atomic E-state index is 13.1. The first-order chi connectivity index (χ1) is 15.7. The summed E-state index contributed by atoms with van der Waals surface area (Å²) in [6, 6.07) is 12.4. The predicted molar refractivity (Wildman–Crippen MR) is 120 cm³/mol. The molecule has 1 amide bonds. The van der Waals surface area contributed by atoms with E-state index in [0.29, 0.717) is 5.65 Å². The maximum absolute atomic E-state index is 13.1. The van der Waals surface area contributed by atoms with E-state index in [1.54, 1.807) is 29.0 Å². The Balaban J connectivity index is 2.10. The molecule has 3 aromatic heterocycles. The molecule has 1 aromatic carbocycles. The lowest BCUT2D eigenvalue weighted by molar-refractivity contribution is -0.385. The average molecular weight is 442 g/mol. The number of aromatic nitrogens is 3. The number of amides is 1. The summed E-state index contributed by atoms with van der Waals surface area (Å²) in [6.07, 6.45) is 1.59. The van der Waals surface area contributed by atoms with E-state index in [4.69, 9.17) is 0 Å². The molecule has 10 nitrogen and oxygen atoms in total. The van der Waals surface area contributed by atoms with Crippen LogP contribution in [0.1, 0.15) is 41.4 Å². The zero-order valence-corrected chi connectivity index (χ0v) is 18.0. The van der Waals surface area contributed by atoms with Gasteiger partial charge in [0, 0.05) is 23.9 Å². The molecule has 0 bridgehead atoms. The predicted octanol–water partition coefficient (Wildman–Crippen LogP) is 3.06. The Labute approximate surface area is 186 Å². The number of benzene rings is 1. The van der Waals surface area contributed by atoms with Gasteiger partial charge < -0.3 is 4.57 Å². The minimum Gasteiger partial charge on any atom is -0.306 e. The summed E-state index contributed by atoms with van der Waals surface area (Å²) in [6.45, 7) is 5.10. The van der Waals surface area contributed by atoms with Crippen LogP contribution in [-0.2, 0) is 0 Å². The van der Waals surface area contributed by atoms with Crippen molar-refractivity contribution in [1.82, 2.24) is 14.0 Å². The van der Waals surface area contributed by atoms with Gasteiger partial charge in [-0.1, -0.05) is 12.1 Å². The van der Waals surface area contributed by atoms with E-state index in [-0.39, 0.29) is 50.5 Å². The molecule has 0 aliphatic heterocycles. The number of carbonyl (C=O) groups is 1. The van der Waals surface area contributed by atoms with Gasteiger partial charge in [0.25, 0.3) is 17.2 Å². The van der Waals surface area contributed by atoms with E-state index in [1.807, 2.05) is 19.9 Å². The highest BCUT2D eigenvalue weighted by Gasteiger charge is 2.20. The number of pyridine rings is 2. The first kappa shape index (κ1) is 21.6. The second-order valence-electron chi connectivity index (χ2n) is 7.66. The van der Waals surface area contributed by atoms with E-state index >= 15 is 0 Å². The summed E-state index contributed by atoms with van der Waals surface area (Å²) in [5.74, 6) is -0.737. The molecular formula is C23H18N6O4. The molecule has 164 valence electrons. The van der Waals surface area contributed by atoms with Crippen LogP contribution >= 0.6 is 0 Å². The molecular weight excluding hydrogens is 424 g/mol. The van der Waals surface area contributed by atoms with Crippen LogP contribution in [-0.4, -0.2) is 24.8 Å². The molecule has 0 saturated carbocycles. The third-order valence-corrected chi connectivity index (χ3v) is 5.31. The molecule has 33 heavy (non-hydrogen) atoms. The Hall–Kier alpha value is -4.65. The zero-order valence-electron chi connectivity index (χ0n) is 18.0. The first-order valence-corrected chi connectivity index (χ1v) is 10.0. The second-order valence-corrected chi connectivity index (χ2v) is 7.66. The lowest BCUT2D eigenvalue weighted by atomic mass is 10.1. The first-order valence-electron chi connectivity index (χ1n) is 10.0. The number of nitro groups is 1. The minimum absolute atomic E-state index is 0.0161. The number of hydrogen-bond donors (Lipinski definition) is 0. The minimum atomic E-state index is -0.737. The highest BCUT2D eigenvalue weighted by Crippen LogP contribution is 2.22. The molecule has 0 saturated heterocycles. The molecule has 0 spiro atoms. The Bertz CT molecular complexity index is 1640. The number of hydrogen-bond acceptors (Lipinski definition) is 6. The van der Waals surface area contributed by atoms with Crippen LogP contribution in [0, 0.1) is 28.4 Å². The Morgan fingerprint density at radius 2 is 2.00 bits per heavy atom. The van der Waals surface area contributed by atoms with Gasteiger partial charge in [0.15, 0.2) is 5.49 Å². The van der Waals surface area contributed by atoms with E-state index < -0.39 is 10.8 Å². The van der Waals surface area contributed by atoms with Gasteiger partial charge in [0.2, 0.25) is 0 Å². The van der Waals surface area contributed by atoms with Crippen molar-refractivity contribution in [3.8, 4) is 6.07 Å². The van der Waals surface area contributed by atoms with Gasteiger partial charge in [-0.2, -0.15) is 10.3 Å². The van der Waals surface area contributed by atoms with Crippen LogP contribution in [0.4, 0.5) is 5.69 Å². The van der Waals surface area contributed by atoms with Crippen molar-refractivity contribution < 1.29 is 9.72 Å². The van der Waals surface area contributed by atoms with Crippen molar-refractivity contribution in [3.63, 3.8) is 0 Å². The van der Waals surface area contributed by atoms with Crippen molar-refractivity contribution >= 4 is 28.3 Å². The summed E-state index contributed by atoms with van der Waals surface area (Å²) in [4.78, 5) is 45.6. The summed E-state index contributed by atoms with van der Waals surface area (Å²) in [5, 5.41) is 21.3. The van der Waals surface area contributed by atoms with Crippen LogP contribution < -0.4 is 11.0 Å². The van der Waals surface area contributed by atoms with E-state index in [9.17, 15) is 25.0 Å². The lowest BCUT2D eigenvalue weighted by Crippen LogP contribution is -2.30. The molecule has 4 aromatic rings. The van der Waals surface area contributed by atoms with Crippen molar-refractivity contribution in [2.45, 2.75) is 26.8 Å². The number of nitro benzene ring substituents is 1. The second kappa shape index (κ2) is 8.12. The summed E-state index contributed by atoms with van der Waals surface area (Å²) >= 11 is 0. The fraction of sp³-hybridized carbons (Fsp3) is 0.174. The van der Waals surface area contributed by atoms with E-state index in [2.05, 4.69) is 9.98 Å². The van der Waals surface area contributed by atoms with E-state index in [0.717, 1.165) is 0 Å². The number of nitrogens with zero attached hydrogens (tertiary/aromatic N) is 6. The van der Waals surface area contributed by atoms with Crippen LogP contribution in [0.2, 0.25) is 0 Å². The molecule has 4 rings (SSSR count). The van der Waals surface area contributed by atoms with Gasteiger partial charge in [-0.25, -0.2) is 4.98 Å². The molecule has 0 atom stereocenters. The fourth-order valence-corrected chi connectivity index (χ4v) is 3.73. The monoisotopic (exact) mass is 442 g/mol. The molecule has 10 heteroatoms. The van der Waals surface area contributed by atoms with Crippen LogP contribution in [0.5, 0.6) is 0 Å². The van der Waals surface area contributed by atoms with E-state index in [1.165, 1.54) is 35.6 Å². The fourth-order valence-electron chi connectivity index (χ4n) is 3.73.